The van der Waals surface area contributed by atoms with Crippen LogP contribution in [0.4, 0.5) is 4.79 Å². The van der Waals surface area contributed by atoms with E-state index in [1.807, 2.05) is 0 Å². The molecule has 1 aromatic rings. The number of rotatable bonds is 5. The van der Waals surface area contributed by atoms with Gasteiger partial charge in [0.25, 0.3) is 5.91 Å². The second kappa shape index (κ2) is 7.93. The van der Waals surface area contributed by atoms with E-state index >= 15 is 0 Å². The number of ether oxygens (including phenoxy) is 1. The number of hydrogen-bond donors (Lipinski definition) is 2. The van der Waals surface area contributed by atoms with Gasteiger partial charge in [0.2, 0.25) is 0 Å². The highest BCUT2D eigenvalue weighted by molar-refractivity contribution is 7.84. The molecule has 0 aliphatic rings. The van der Waals surface area contributed by atoms with E-state index in [-0.39, 0.29) is 12.5 Å². The van der Waals surface area contributed by atoms with Gasteiger partial charge in [0.05, 0.1) is 0 Å². The Balaban J connectivity index is 2.34. The molecule has 0 aliphatic carbocycles. The summed E-state index contributed by atoms with van der Waals surface area (Å²) in [5.74, 6) is -0.251. The minimum absolute atomic E-state index is 0.251. The molecule has 6 nitrogen and oxygen atoms in total. The molecule has 7 heteroatoms. The Hall–Kier alpha value is -1.89. The Bertz CT molecular complexity index is 550. The van der Waals surface area contributed by atoms with Crippen molar-refractivity contribution in [2.75, 3.05) is 19.3 Å². The van der Waals surface area contributed by atoms with E-state index in [0.717, 1.165) is 0 Å². The highest BCUT2D eigenvalue weighted by atomic mass is 32.2. The van der Waals surface area contributed by atoms with Crippen molar-refractivity contribution in [3.8, 4) is 0 Å². The summed E-state index contributed by atoms with van der Waals surface area (Å²) < 4.78 is 16.3. The highest BCUT2D eigenvalue weighted by Crippen LogP contribution is 2.07. The van der Waals surface area contributed by atoms with Crippen molar-refractivity contribution in [3.63, 3.8) is 0 Å². The van der Waals surface area contributed by atoms with Crippen LogP contribution in [0.5, 0.6) is 0 Å². The lowest BCUT2D eigenvalue weighted by Crippen LogP contribution is -2.37. The Kier molecular flexibility index (Phi) is 6.55. The summed E-state index contributed by atoms with van der Waals surface area (Å²) in [5, 5.41) is 5.23. The highest BCUT2D eigenvalue weighted by Gasteiger charge is 2.15. The maximum absolute atomic E-state index is 11.9. The molecule has 0 aliphatic heterocycles. The van der Waals surface area contributed by atoms with Gasteiger partial charge in [-0.25, -0.2) is 4.79 Å². The average Bonchev–Trinajstić information content (AvgIpc) is 2.41. The largest absolute Gasteiger partial charge is 0.444 e. The molecule has 1 aromatic carbocycles. The van der Waals surface area contributed by atoms with Crippen molar-refractivity contribution < 1.29 is 18.5 Å². The average molecular weight is 326 g/mol. The molecule has 1 atom stereocenters. The molecule has 0 saturated heterocycles. The van der Waals surface area contributed by atoms with Crippen LogP contribution in [0.3, 0.4) is 0 Å². The summed E-state index contributed by atoms with van der Waals surface area (Å²) in [6, 6.07) is 6.55. The number of carbonyl (C=O) groups excluding carboxylic acids is 2. The van der Waals surface area contributed by atoms with Gasteiger partial charge < -0.3 is 15.4 Å². The lowest BCUT2D eigenvalue weighted by molar-refractivity contribution is 0.0526. The van der Waals surface area contributed by atoms with Gasteiger partial charge in [-0.2, -0.15) is 0 Å². The molecule has 0 radical (unpaired) electrons. The molecule has 0 aromatic heterocycles. The van der Waals surface area contributed by atoms with Crippen LogP contribution in [0.2, 0.25) is 0 Å². The quantitative estimate of drug-likeness (QED) is 0.806. The predicted molar refractivity (Wildman–Crippen MR) is 85.3 cm³/mol. The Morgan fingerprint density at radius 1 is 1.09 bits per heavy atom. The SMILES string of the molecule is C[S@](=O)c1ccc(C(=O)NCCNC(=O)OC(C)(C)C)cc1. The molecule has 0 bridgehead atoms. The summed E-state index contributed by atoms with van der Waals surface area (Å²) >= 11 is 0. The first kappa shape index (κ1) is 18.2. The van der Waals surface area contributed by atoms with Crippen molar-refractivity contribution in [2.24, 2.45) is 0 Å². The van der Waals surface area contributed by atoms with Crippen LogP contribution in [0.1, 0.15) is 31.1 Å². The Morgan fingerprint density at radius 3 is 2.14 bits per heavy atom. The van der Waals surface area contributed by atoms with E-state index in [2.05, 4.69) is 10.6 Å². The minimum atomic E-state index is -1.06. The monoisotopic (exact) mass is 326 g/mol. The molecular weight excluding hydrogens is 304 g/mol. The number of carbonyl (C=O) groups is 2. The van der Waals surface area contributed by atoms with Gasteiger partial charge in [0.15, 0.2) is 0 Å². The molecule has 122 valence electrons. The van der Waals surface area contributed by atoms with Crippen LogP contribution in [-0.2, 0) is 15.5 Å². The zero-order valence-corrected chi connectivity index (χ0v) is 14.1. The summed E-state index contributed by atoms with van der Waals surface area (Å²) in [4.78, 5) is 23.9. The maximum Gasteiger partial charge on any atom is 0.407 e. The second-order valence-electron chi connectivity index (χ2n) is 5.66. The fourth-order valence-corrected chi connectivity index (χ4v) is 2.07. The first-order valence-electron chi connectivity index (χ1n) is 6.87. The molecule has 2 N–H and O–H groups in total. The molecule has 22 heavy (non-hydrogen) atoms. The molecule has 0 saturated carbocycles. The topological polar surface area (TPSA) is 84.5 Å². The van der Waals surface area contributed by atoms with Gasteiger partial charge in [0, 0.05) is 40.6 Å². The zero-order chi connectivity index (χ0) is 16.8. The maximum atomic E-state index is 11.9. The van der Waals surface area contributed by atoms with Crippen LogP contribution < -0.4 is 10.6 Å². The number of benzene rings is 1. The summed E-state index contributed by atoms with van der Waals surface area (Å²) in [5.41, 5.74) is -0.0690. The first-order valence-corrected chi connectivity index (χ1v) is 8.43. The third kappa shape index (κ3) is 6.71. The third-order valence-corrected chi connectivity index (χ3v) is 3.46. The van der Waals surface area contributed by atoms with Gasteiger partial charge in [-0.3, -0.25) is 9.00 Å². The van der Waals surface area contributed by atoms with Crippen molar-refractivity contribution in [3.05, 3.63) is 29.8 Å². The van der Waals surface area contributed by atoms with Gasteiger partial charge in [-0.15, -0.1) is 0 Å². The fraction of sp³-hybridized carbons (Fsp3) is 0.467. The van der Waals surface area contributed by atoms with Crippen molar-refractivity contribution in [2.45, 2.75) is 31.3 Å². The van der Waals surface area contributed by atoms with E-state index in [1.54, 1.807) is 51.3 Å². The van der Waals surface area contributed by atoms with Crippen LogP contribution in [0.25, 0.3) is 0 Å². The van der Waals surface area contributed by atoms with Crippen molar-refractivity contribution >= 4 is 22.8 Å². The predicted octanol–water partition coefficient (Wildman–Crippen LogP) is 1.68. The molecule has 0 fully saturated rings. The van der Waals surface area contributed by atoms with Crippen LogP contribution in [0, 0.1) is 0 Å². The lowest BCUT2D eigenvalue weighted by atomic mass is 10.2. The van der Waals surface area contributed by atoms with Gasteiger partial charge >= 0.3 is 6.09 Å². The molecule has 0 spiro atoms. The lowest BCUT2D eigenvalue weighted by Gasteiger charge is -2.19. The summed E-state index contributed by atoms with van der Waals surface area (Å²) in [6.07, 6.45) is 1.06. The van der Waals surface area contributed by atoms with E-state index < -0.39 is 22.5 Å². The third-order valence-electron chi connectivity index (χ3n) is 2.53. The van der Waals surface area contributed by atoms with Gasteiger partial charge in [-0.05, 0) is 45.0 Å². The Labute approximate surface area is 133 Å². The summed E-state index contributed by atoms with van der Waals surface area (Å²) in [6.45, 7) is 5.90. The van der Waals surface area contributed by atoms with Gasteiger partial charge in [-0.1, -0.05) is 0 Å². The second-order valence-corrected chi connectivity index (χ2v) is 7.04. The fourth-order valence-electron chi connectivity index (χ4n) is 1.55. The number of nitrogens with one attached hydrogen (secondary N) is 2. The van der Waals surface area contributed by atoms with Crippen LogP contribution in [0.15, 0.2) is 29.2 Å². The molecular formula is C15H22N2O4S. The first-order chi connectivity index (χ1) is 10.2. The normalized spacial score (nSPS) is 12.4. The van der Waals surface area contributed by atoms with E-state index in [1.165, 1.54) is 0 Å². The number of amides is 2. The van der Waals surface area contributed by atoms with E-state index in [4.69, 9.17) is 4.74 Å². The summed E-state index contributed by atoms with van der Waals surface area (Å²) in [7, 11) is -1.06. The Morgan fingerprint density at radius 2 is 1.64 bits per heavy atom. The van der Waals surface area contributed by atoms with Crippen molar-refractivity contribution in [1.29, 1.82) is 0 Å². The number of alkyl carbamates (subject to hydrolysis) is 1. The minimum Gasteiger partial charge on any atom is -0.444 e. The molecule has 0 unspecified atom stereocenters. The smallest absolute Gasteiger partial charge is 0.407 e. The van der Waals surface area contributed by atoms with Crippen molar-refractivity contribution in [1.82, 2.24) is 10.6 Å². The van der Waals surface area contributed by atoms with E-state index in [0.29, 0.717) is 17.0 Å². The number of hydrogen-bond acceptors (Lipinski definition) is 4. The van der Waals surface area contributed by atoms with Crippen LogP contribution in [-0.4, -0.2) is 41.2 Å². The molecule has 1 rings (SSSR count). The zero-order valence-electron chi connectivity index (χ0n) is 13.3. The molecule has 0 heterocycles. The molecule has 2 amide bonds. The van der Waals surface area contributed by atoms with E-state index in [9.17, 15) is 13.8 Å². The standard InChI is InChI=1S/C15H22N2O4S/c1-15(2,3)21-14(19)17-10-9-16-13(18)11-5-7-12(8-6-11)22(4)20/h5-8H,9-10H2,1-4H3,(H,16,18)(H,17,19)/t22-/m0/s1. The van der Waals surface area contributed by atoms with Gasteiger partial charge in [0.1, 0.15) is 5.60 Å². The van der Waals surface area contributed by atoms with Crippen LogP contribution >= 0.6 is 0 Å².